The minimum Gasteiger partial charge on any atom is -0.488 e. The lowest BCUT2D eigenvalue weighted by Crippen LogP contribution is -2.10. The number of terminal acetylenes is 1. The van der Waals surface area contributed by atoms with E-state index in [0.717, 1.165) is 16.8 Å². The molecule has 3 heteroatoms. The third kappa shape index (κ3) is 1.81. The van der Waals surface area contributed by atoms with Crippen LogP contribution in [0.25, 0.3) is 0 Å². The van der Waals surface area contributed by atoms with E-state index in [4.69, 9.17) is 11.2 Å². The molecular weight excluding hydrogens is 250 g/mol. The van der Waals surface area contributed by atoms with Crippen LogP contribution < -0.4 is 4.74 Å². The van der Waals surface area contributed by atoms with E-state index in [0.29, 0.717) is 30.0 Å². The van der Waals surface area contributed by atoms with Gasteiger partial charge in [-0.25, -0.2) is 0 Å². The van der Waals surface area contributed by atoms with Gasteiger partial charge in [0.25, 0.3) is 0 Å². The first-order valence-corrected chi connectivity index (χ1v) is 6.51. The van der Waals surface area contributed by atoms with Crippen molar-refractivity contribution in [3.8, 4) is 18.1 Å². The predicted octanol–water partition coefficient (Wildman–Crippen LogP) is 2.63. The van der Waals surface area contributed by atoms with Crippen LogP contribution in [0.5, 0.6) is 5.75 Å². The highest BCUT2D eigenvalue weighted by Crippen LogP contribution is 2.30. The zero-order chi connectivity index (χ0) is 14.3. The number of hydrogen-bond acceptors (Lipinski definition) is 2. The molecular formula is C17H15NO2. The molecule has 0 saturated heterocycles. The summed E-state index contributed by atoms with van der Waals surface area (Å²) in [5, 5.41) is 0. The van der Waals surface area contributed by atoms with Crippen molar-refractivity contribution < 1.29 is 9.53 Å². The lowest BCUT2D eigenvalue weighted by molar-refractivity contribution is 0.103. The molecule has 0 N–H and O–H groups in total. The lowest BCUT2D eigenvalue weighted by atomic mass is 10.0. The quantitative estimate of drug-likeness (QED) is 0.742. The van der Waals surface area contributed by atoms with Gasteiger partial charge in [0.05, 0.1) is 11.3 Å². The number of rotatable bonds is 1. The summed E-state index contributed by atoms with van der Waals surface area (Å²) in [6.45, 7) is 2.38. The predicted molar refractivity (Wildman–Crippen MR) is 76.9 cm³/mol. The zero-order valence-electron chi connectivity index (χ0n) is 11.6. The molecule has 1 aromatic heterocycles. The Morgan fingerprint density at radius 2 is 2.20 bits per heavy atom. The van der Waals surface area contributed by atoms with Gasteiger partial charge in [0.2, 0.25) is 5.78 Å². The molecule has 0 fully saturated rings. The highest BCUT2D eigenvalue weighted by atomic mass is 16.5. The number of ether oxygens (including phenoxy) is 1. The van der Waals surface area contributed by atoms with E-state index in [9.17, 15) is 4.79 Å². The topological polar surface area (TPSA) is 31.2 Å². The largest absolute Gasteiger partial charge is 0.488 e. The monoisotopic (exact) mass is 265 g/mol. The molecule has 0 aliphatic carbocycles. The molecule has 2 aromatic rings. The Labute approximate surface area is 118 Å². The molecule has 2 heterocycles. The van der Waals surface area contributed by atoms with Crippen LogP contribution in [0.15, 0.2) is 24.3 Å². The third-order valence-electron chi connectivity index (χ3n) is 3.67. The van der Waals surface area contributed by atoms with Gasteiger partial charge in [-0.2, -0.15) is 0 Å². The van der Waals surface area contributed by atoms with Crippen LogP contribution >= 0.6 is 0 Å². The molecule has 0 amide bonds. The summed E-state index contributed by atoms with van der Waals surface area (Å²) >= 11 is 0. The van der Waals surface area contributed by atoms with E-state index in [1.165, 1.54) is 0 Å². The van der Waals surface area contributed by atoms with Gasteiger partial charge in [-0.15, -0.1) is 12.3 Å². The maximum absolute atomic E-state index is 12.7. The Kier molecular flexibility index (Phi) is 2.87. The van der Waals surface area contributed by atoms with Crippen molar-refractivity contribution in [3.63, 3.8) is 0 Å². The summed E-state index contributed by atoms with van der Waals surface area (Å²) in [5.41, 5.74) is 4.23. The molecule has 1 aliphatic rings. The average molecular weight is 265 g/mol. The van der Waals surface area contributed by atoms with Crippen LogP contribution in [0.4, 0.5) is 0 Å². The molecule has 3 rings (SSSR count). The van der Waals surface area contributed by atoms with Gasteiger partial charge in [-0.05, 0) is 30.7 Å². The van der Waals surface area contributed by atoms with Crippen molar-refractivity contribution in [2.24, 2.45) is 7.05 Å². The van der Waals surface area contributed by atoms with Crippen LogP contribution in [0.1, 0.15) is 32.9 Å². The van der Waals surface area contributed by atoms with Crippen LogP contribution in [-0.4, -0.2) is 10.4 Å². The molecule has 0 bridgehead atoms. The number of aryl methyl sites for hydroxylation is 1. The van der Waals surface area contributed by atoms with Crippen LogP contribution in [0.3, 0.4) is 0 Å². The molecule has 100 valence electrons. The van der Waals surface area contributed by atoms with Crippen molar-refractivity contribution in [2.45, 2.75) is 20.0 Å². The molecule has 0 radical (unpaired) electrons. The van der Waals surface area contributed by atoms with Gasteiger partial charge in [0.1, 0.15) is 12.4 Å². The summed E-state index contributed by atoms with van der Waals surface area (Å²) in [6, 6.07) is 7.62. The molecule has 1 aromatic carbocycles. The van der Waals surface area contributed by atoms with E-state index in [1.807, 2.05) is 42.8 Å². The number of carbonyl (C=O) groups excluding carboxylic acids is 1. The Balaban J connectivity index is 2.16. The van der Waals surface area contributed by atoms with E-state index >= 15 is 0 Å². The van der Waals surface area contributed by atoms with Crippen molar-refractivity contribution in [1.82, 2.24) is 4.57 Å². The summed E-state index contributed by atoms with van der Waals surface area (Å²) < 4.78 is 7.67. The van der Waals surface area contributed by atoms with Crippen LogP contribution in [0.2, 0.25) is 0 Å². The SMILES string of the molecule is C#CCc1cc2c(n1C)C(=O)c1ccc(C)cc1OC2. The molecule has 0 atom stereocenters. The first-order chi connectivity index (χ1) is 9.61. The van der Waals surface area contributed by atoms with Crippen LogP contribution in [0, 0.1) is 19.3 Å². The number of benzene rings is 1. The number of aromatic nitrogens is 1. The number of fused-ring (bicyclic) bond motifs is 2. The molecule has 0 saturated carbocycles. The smallest absolute Gasteiger partial charge is 0.213 e. The second-order valence-corrected chi connectivity index (χ2v) is 5.07. The molecule has 3 nitrogen and oxygen atoms in total. The van der Waals surface area contributed by atoms with Crippen molar-refractivity contribution in [2.75, 3.05) is 0 Å². The minimum atomic E-state index is -0.00160. The maximum Gasteiger partial charge on any atom is 0.213 e. The first kappa shape index (κ1) is 12.6. The standard InChI is InChI=1S/C17H15NO2/c1-4-5-13-9-12-10-20-15-8-11(2)6-7-14(15)17(19)16(12)18(13)3/h1,6-9H,5,10H2,2-3H3. The Morgan fingerprint density at radius 3 is 2.95 bits per heavy atom. The highest BCUT2D eigenvalue weighted by molar-refractivity contribution is 6.11. The summed E-state index contributed by atoms with van der Waals surface area (Å²) in [5.74, 6) is 3.27. The van der Waals surface area contributed by atoms with Gasteiger partial charge in [-0.3, -0.25) is 4.79 Å². The second kappa shape index (κ2) is 4.57. The number of hydrogen-bond donors (Lipinski definition) is 0. The Bertz CT molecular complexity index is 747. The maximum atomic E-state index is 12.7. The second-order valence-electron chi connectivity index (χ2n) is 5.07. The first-order valence-electron chi connectivity index (χ1n) is 6.51. The van der Waals surface area contributed by atoms with Gasteiger partial charge in [0.15, 0.2) is 0 Å². The van der Waals surface area contributed by atoms with Gasteiger partial charge in [0, 0.05) is 24.7 Å². The normalized spacial score (nSPS) is 12.9. The fraction of sp³-hybridized carbons (Fsp3) is 0.235. The fourth-order valence-corrected chi connectivity index (χ4v) is 2.63. The van der Waals surface area contributed by atoms with Gasteiger partial charge < -0.3 is 9.30 Å². The average Bonchev–Trinajstić information content (AvgIpc) is 2.65. The van der Waals surface area contributed by atoms with Crippen molar-refractivity contribution >= 4 is 5.78 Å². The molecule has 1 aliphatic heterocycles. The number of nitrogens with zero attached hydrogens (tertiary/aromatic N) is 1. The van der Waals surface area contributed by atoms with Crippen molar-refractivity contribution in [1.29, 1.82) is 0 Å². The Morgan fingerprint density at radius 1 is 1.40 bits per heavy atom. The lowest BCUT2D eigenvalue weighted by Gasteiger charge is -2.08. The number of carbonyl (C=O) groups is 1. The molecule has 0 unspecified atom stereocenters. The highest BCUT2D eigenvalue weighted by Gasteiger charge is 2.26. The molecule has 20 heavy (non-hydrogen) atoms. The van der Waals surface area contributed by atoms with Crippen LogP contribution in [-0.2, 0) is 20.1 Å². The number of ketones is 1. The summed E-state index contributed by atoms with van der Waals surface area (Å²) in [4.78, 5) is 12.7. The van der Waals surface area contributed by atoms with E-state index in [1.54, 1.807) is 0 Å². The van der Waals surface area contributed by atoms with Gasteiger partial charge >= 0.3 is 0 Å². The minimum absolute atomic E-state index is 0.00160. The van der Waals surface area contributed by atoms with E-state index in [-0.39, 0.29) is 5.78 Å². The van der Waals surface area contributed by atoms with E-state index in [2.05, 4.69) is 5.92 Å². The fourth-order valence-electron chi connectivity index (χ4n) is 2.63. The van der Waals surface area contributed by atoms with Gasteiger partial charge in [-0.1, -0.05) is 6.07 Å². The summed E-state index contributed by atoms with van der Waals surface area (Å²) in [6.07, 6.45) is 5.88. The Hall–Kier alpha value is -2.47. The molecule has 0 spiro atoms. The third-order valence-corrected chi connectivity index (χ3v) is 3.67. The summed E-state index contributed by atoms with van der Waals surface area (Å²) in [7, 11) is 1.88. The zero-order valence-corrected chi connectivity index (χ0v) is 11.6. The van der Waals surface area contributed by atoms with Crippen molar-refractivity contribution in [3.05, 3.63) is 52.3 Å². The van der Waals surface area contributed by atoms with E-state index < -0.39 is 0 Å².